The van der Waals surface area contributed by atoms with Crippen LogP contribution in [0, 0.1) is 0 Å². The van der Waals surface area contributed by atoms with Gasteiger partial charge in [-0.3, -0.25) is 9.59 Å². The Hall–Kier alpha value is -1.04. The molecule has 0 bridgehead atoms. The van der Waals surface area contributed by atoms with Gasteiger partial charge in [0, 0.05) is 12.8 Å². The Morgan fingerprint density at radius 2 is 2.00 bits per heavy atom. The van der Waals surface area contributed by atoms with Gasteiger partial charge in [0.15, 0.2) is 0 Å². The monoisotopic (exact) mass is 203 g/mol. The van der Waals surface area contributed by atoms with E-state index in [9.17, 15) is 14.4 Å². The summed E-state index contributed by atoms with van der Waals surface area (Å²) in [5, 5.41) is 0.554. The molecule has 1 fully saturated rings. The van der Waals surface area contributed by atoms with Crippen molar-refractivity contribution in [2.24, 2.45) is 0 Å². The van der Waals surface area contributed by atoms with Gasteiger partial charge in [0.1, 0.15) is 0 Å². The number of hydrogen-bond acceptors (Lipinski definition) is 5. The third-order valence-electron chi connectivity index (χ3n) is 1.46. The molecule has 1 saturated heterocycles. The van der Waals surface area contributed by atoms with Gasteiger partial charge < -0.3 is 4.84 Å². The van der Waals surface area contributed by atoms with Crippen LogP contribution in [-0.2, 0) is 19.2 Å². The number of rotatable bonds is 3. The molecule has 0 aromatic carbocycles. The number of hydrogen-bond donors (Lipinski definition) is 0. The number of carbonyl (C=O) groups is 3. The molecule has 0 radical (unpaired) electrons. The van der Waals surface area contributed by atoms with E-state index in [-0.39, 0.29) is 18.6 Å². The van der Waals surface area contributed by atoms with Crippen molar-refractivity contribution >= 4 is 29.5 Å². The standard InChI is InChI=1S/C7H9NO4S/c1-13-4-7(11)12-8-5(9)2-3-6(8)10/h2-4H2,1H3. The van der Waals surface area contributed by atoms with Crippen molar-refractivity contribution in [2.45, 2.75) is 12.8 Å². The average molecular weight is 203 g/mol. The Labute approximate surface area is 79.4 Å². The number of hydroxylamine groups is 2. The fourth-order valence-corrected chi connectivity index (χ4v) is 1.19. The Balaban J connectivity index is 2.48. The zero-order chi connectivity index (χ0) is 9.84. The molecule has 0 spiro atoms. The second-order valence-corrected chi connectivity index (χ2v) is 3.34. The Morgan fingerprint density at radius 1 is 1.46 bits per heavy atom. The Kier molecular flexibility index (Phi) is 3.30. The molecule has 5 nitrogen and oxygen atoms in total. The van der Waals surface area contributed by atoms with Gasteiger partial charge in [-0.25, -0.2) is 4.79 Å². The summed E-state index contributed by atoms with van der Waals surface area (Å²) in [6.07, 6.45) is 1.99. The van der Waals surface area contributed by atoms with Crippen molar-refractivity contribution in [3.8, 4) is 0 Å². The molecule has 1 heterocycles. The lowest BCUT2D eigenvalue weighted by Crippen LogP contribution is -2.32. The summed E-state index contributed by atoms with van der Waals surface area (Å²) in [5.74, 6) is -1.33. The number of amides is 2. The van der Waals surface area contributed by atoms with E-state index >= 15 is 0 Å². The van der Waals surface area contributed by atoms with Gasteiger partial charge in [-0.05, 0) is 6.26 Å². The molecule has 1 aliphatic rings. The van der Waals surface area contributed by atoms with Crippen LogP contribution in [-0.4, -0.2) is 34.9 Å². The highest BCUT2D eigenvalue weighted by atomic mass is 32.2. The molecule has 6 heteroatoms. The first-order chi connectivity index (χ1) is 6.15. The lowest BCUT2D eigenvalue weighted by Gasteiger charge is -2.11. The SMILES string of the molecule is CSCC(=O)ON1C(=O)CCC1=O. The van der Waals surface area contributed by atoms with E-state index in [2.05, 4.69) is 4.84 Å². The molecule has 13 heavy (non-hydrogen) atoms. The van der Waals surface area contributed by atoms with E-state index in [1.165, 1.54) is 11.8 Å². The maximum Gasteiger partial charge on any atom is 0.342 e. The minimum absolute atomic E-state index is 0.130. The Bertz CT molecular complexity index is 237. The molecule has 2 amide bonds. The van der Waals surface area contributed by atoms with Crippen LogP contribution < -0.4 is 0 Å². The van der Waals surface area contributed by atoms with Crippen LogP contribution in [0.4, 0.5) is 0 Å². The molecule has 0 N–H and O–H groups in total. The zero-order valence-electron chi connectivity index (χ0n) is 7.11. The molecule has 1 rings (SSSR count). The number of carbonyl (C=O) groups excluding carboxylic acids is 3. The fourth-order valence-electron chi connectivity index (χ4n) is 0.904. The molecule has 1 aliphatic heterocycles. The highest BCUT2D eigenvalue weighted by molar-refractivity contribution is 7.99. The van der Waals surface area contributed by atoms with Crippen molar-refractivity contribution in [3.63, 3.8) is 0 Å². The highest BCUT2D eigenvalue weighted by Gasteiger charge is 2.32. The second-order valence-electron chi connectivity index (χ2n) is 2.48. The summed E-state index contributed by atoms with van der Waals surface area (Å²) in [6.45, 7) is 0. The van der Waals surface area contributed by atoms with Gasteiger partial charge in [0.2, 0.25) is 0 Å². The topological polar surface area (TPSA) is 63.7 Å². The largest absolute Gasteiger partial charge is 0.342 e. The lowest BCUT2D eigenvalue weighted by atomic mass is 10.4. The third-order valence-corrected chi connectivity index (χ3v) is 1.99. The molecule has 72 valence electrons. The predicted molar refractivity (Wildman–Crippen MR) is 45.6 cm³/mol. The third kappa shape index (κ3) is 2.45. The smallest absolute Gasteiger partial charge is 0.329 e. The molecular weight excluding hydrogens is 194 g/mol. The normalized spacial score (nSPS) is 16.5. The minimum atomic E-state index is -0.573. The quantitative estimate of drug-likeness (QED) is 0.602. The highest BCUT2D eigenvalue weighted by Crippen LogP contribution is 2.12. The molecular formula is C7H9NO4S. The Morgan fingerprint density at radius 3 is 2.46 bits per heavy atom. The zero-order valence-corrected chi connectivity index (χ0v) is 7.93. The van der Waals surface area contributed by atoms with Crippen molar-refractivity contribution in [1.82, 2.24) is 5.06 Å². The second kappa shape index (κ2) is 4.27. The van der Waals surface area contributed by atoms with Gasteiger partial charge >= 0.3 is 5.97 Å². The van der Waals surface area contributed by atoms with E-state index in [0.29, 0.717) is 5.06 Å². The van der Waals surface area contributed by atoms with Crippen LogP contribution in [0.2, 0.25) is 0 Å². The minimum Gasteiger partial charge on any atom is -0.329 e. The first-order valence-corrected chi connectivity index (χ1v) is 5.10. The summed E-state index contributed by atoms with van der Waals surface area (Å²) < 4.78 is 0. The van der Waals surface area contributed by atoms with E-state index in [4.69, 9.17) is 0 Å². The van der Waals surface area contributed by atoms with Crippen LogP contribution in [0.15, 0.2) is 0 Å². The van der Waals surface area contributed by atoms with Crippen LogP contribution in [0.5, 0.6) is 0 Å². The summed E-state index contributed by atoms with van der Waals surface area (Å²) >= 11 is 1.27. The summed E-state index contributed by atoms with van der Waals surface area (Å²) in [5.41, 5.74) is 0. The van der Waals surface area contributed by atoms with Gasteiger partial charge in [-0.15, -0.1) is 5.06 Å². The molecule has 0 atom stereocenters. The molecule has 0 saturated carbocycles. The van der Waals surface area contributed by atoms with E-state index in [1.807, 2.05) is 0 Å². The molecule has 0 aromatic heterocycles. The van der Waals surface area contributed by atoms with Crippen LogP contribution in [0.1, 0.15) is 12.8 Å². The van der Waals surface area contributed by atoms with Crippen molar-refractivity contribution in [2.75, 3.05) is 12.0 Å². The maximum atomic E-state index is 10.9. The van der Waals surface area contributed by atoms with Gasteiger partial charge in [-0.2, -0.15) is 11.8 Å². The predicted octanol–water partition coefficient (Wildman–Crippen LogP) is -0.0434. The molecule has 0 aliphatic carbocycles. The number of thioether (sulfide) groups is 1. The average Bonchev–Trinajstić information content (AvgIpc) is 2.36. The fraction of sp³-hybridized carbons (Fsp3) is 0.571. The van der Waals surface area contributed by atoms with Crippen LogP contribution in [0.3, 0.4) is 0 Å². The van der Waals surface area contributed by atoms with Crippen molar-refractivity contribution in [3.05, 3.63) is 0 Å². The summed E-state index contributed by atoms with van der Waals surface area (Å²) in [6, 6.07) is 0. The molecule has 0 unspecified atom stereocenters. The number of imide groups is 1. The maximum absolute atomic E-state index is 10.9. The van der Waals surface area contributed by atoms with Crippen molar-refractivity contribution < 1.29 is 19.2 Å². The van der Waals surface area contributed by atoms with E-state index in [0.717, 1.165) is 0 Å². The van der Waals surface area contributed by atoms with E-state index in [1.54, 1.807) is 6.26 Å². The van der Waals surface area contributed by atoms with Gasteiger partial charge in [0.05, 0.1) is 5.75 Å². The van der Waals surface area contributed by atoms with Crippen LogP contribution in [0.25, 0.3) is 0 Å². The van der Waals surface area contributed by atoms with Crippen molar-refractivity contribution in [1.29, 1.82) is 0 Å². The lowest BCUT2D eigenvalue weighted by molar-refractivity contribution is -0.195. The first-order valence-electron chi connectivity index (χ1n) is 3.70. The summed E-state index contributed by atoms with van der Waals surface area (Å²) in [4.78, 5) is 37.3. The number of nitrogens with zero attached hydrogens (tertiary/aromatic N) is 1. The van der Waals surface area contributed by atoms with Gasteiger partial charge in [0.25, 0.3) is 11.8 Å². The van der Waals surface area contributed by atoms with Gasteiger partial charge in [-0.1, -0.05) is 0 Å². The van der Waals surface area contributed by atoms with E-state index < -0.39 is 17.8 Å². The summed E-state index contributed by atoms with van der Waals surface area (Å²) in [7, 11) is 0. The first kappa shape index (κ1) is 10.0. The van der Waals surface area contributed by atoms with Crippen LogP contribution >= 0.6 is 11.8 Å². The molecule has 0 aromatic rings.